The minimum atomic E-state index is -0.806. The first-order valence-electron chi connectivity index (χ1n) is 8.65. The number of alkyl carbamates (subject to hydrolysis) is 2. The maximum absolute atomic E-state index is 13.6. The highest BCUT2D eigenvalue weighted by Crippen LogP contribution is 2.16. The summed E-state index contributed by atoms with van der Waals surface area (Å²) in [6.07, 6.45) is -1.61. The van der Waals surface area contributed by atoms with Gasteiger partial charge in [-0.3, -0.25) is 10.6 Å². The Morgan fingerprint density at radius 3 is 1.89 bits per heavy atom. The number of guanidine groups is 1. The second-order valence-corrected chi connectivity index (χ2v) is 7.92. The first-order valence-corrected chi connectivity index (χ1v) is 8.65. The van der Waals surface area contributed by atoms with Crippen LogP contribution in [0.5, 0.6) is 5.75 Å². The van der Waals surface area contributed by atoms with E-state index in [4.69, 9.17) is 14.2 Å². The van der Waals surface area contributed by atoms with E-state index in [-0.39, 0.29) is 12.5 Å². The molecule has 0 aliphatic heterocycles. The lowest BCUT2D eigenvalue weighted by molar-refractivity contribution is 0.0545. The maximum atomic E-state index is 13.6. The van der Waals surface area contributed by atoms with Crippen LogP contribution in [-0.4, -0.2) is 36.5 Å². The third-order valence-corrected chi connectivity index (χ3v) is 2.83. The van der Waals surface area contributed by atoms with Crippen molar-refractivity contribution in [3.05, 3.63) is 29.6 Å². The number of amides is 2. The zero-order valence-electron chi connectivity index (χ0n) is 17.3. The Bertz CT molecular complexity index is 704. The first-order chi connectivity index (χ1) is 12.8. The van der Waals surface area contributed by atoms with Gasteiger partial charge in [0.1, 0.15) is 22.8 Å². The molecule has 0 radical (unpaired) electrons. The molecule has 0 aliphatic carbocycles. The van der Waals surface area contributed by atoms with Crippen LogP contribution < -0.4 is 15.4 Å². The maximum Gasteiger partial charge on any atom is 0.414 e. The standard InChI is InChI=1S/C19H28FN3O5/c1-18(2,3)27-16(24)22-15(23-17(25)28-19(4,5)6)21-11-12-8-13(20)10-14(9-12)26-7/h8-10H,11H2,1-7H3,(H2,21,22,23,24,25). The second kappa shape index (κ2) is 9.38. The number of nitrogens with zero attached hydrogens (tertiary/aromatic N) is 1. The van der Waals surface area contributed by atoms with Crippen LogP contribution in [0.25, 0.3) is 0 Å². The molecule has 1 rings (SSSR count). The Balaban J connectivity index is 2.98. The van der Waals surface area contributed by atoms with Gasteiger partial charge in [-0.2, -0.15) is 0 Å². The molecule has 0 atom stereocenters. The molecule has 0 fully saturated rings. The molecule has 0 saturated carbocycles. The summed E-state index contributed by atoms with van der Waals surface area (Å²) in [5, 5.41) is 4.71. The number of carbonyl (C=O) groups is 2. The minimum Gasteiger partial charge on any atom is -0.497 e. The Hall–Kier alpha value is -2.84. The van der Waals surface area contributed by atoms with Crippen LogP contribution >= 0.6 is 0 Å². The fourth-order valence-corrected chi connectivity index (χ4v) is 1.91. The predicted octanol–water partition coefficient (Wildman–Crippen LogP) is 3.74. The van der Waals surface area contributed by atoms with Gasteiger partial charge in [0.15, 0.2) is 0 Å². The molecule has 0 aromatic heterocycles. The summed E-state index contributed by atoms with van der Waals surface area (Å²) >= 11 is 0. The number of hydrogen-bond donors (Lipinski definition) is 2. The molecule has 0 aliphatic rings. The molecule has 0 heterocycles. The van der Waals surface area contributed by atoms with Crippen LogP contribution in [0.2, 0.25) is 0 Å². The minimum absolute atomic E-state index is 0.0327. The monoisotopic (exact) mass is 397 g/mol. The van der Waals surface area contributed by atoms with Gasteiger partial charge in [-0.05, 0) is 59.2 Å². The van der Waals surface area contributed by atoms with Crippen molar-refractivity contribution in [2.24, 2.45) is 4.99 Å². The van der Waals surface area contributed by atoms with Crippen molar-refractivity contribution in [3.63, 3.8) is 0 Å². The Morgan fingerprint density at radius 1 is 0.964 bits per heavy atom. The van der Waals surface area contributed by atoms with E-state index in [9.17, 15) is 14.0 Å². The van der Waals surface area contributed by atoms with Crippen molar-refractivity contribution in [1.29, 1.82) is 0 Å². The highest BCUT2D eigenvalue weighted by molar-refractivity contribution is 6.01. The number of methoxy groups -OCH3 is 1. The summed E-state index contributed by atoms with van der Waals surface area (Å²) in [6.45, 7) is 10.2. The van der Waals surface area contributed by atoms with Crippen LogP contribution in [0, 0.1) is 5.82 Å². The summed E-state index contributed by atoms with van der Waals surface area (Å²) in [4.78, 5) is 28.2. The molecule has 1 aromatic rings. The molecule has 2 N–H and O–H groups in total. The third-order valence-electron chi connectivity index (χ3n) is 2.83. The number of hydrogen-bond acceptors (Lipinski definition) is 6. The van der Waals surface area contributed by atoms with Gasteiger partial charge in [0.25, 0.3) is 0 Å². The van der Waals surface area contributed by atoms with Crippen molar-refractivity contribution in [1.82, 2.24) is 10.6 Å². The number of benzene rings is 1. The summed E-state index contributed by atoms with van der Waals surface area (Å²) in [6, 6.07) is 4.09. The van der Waals surface area contributed by atoms with E-state index in [1.165, 1.54) is 19.2 Å². The van der Waals surface area contributed by atoms with E-state index in [1.54, 1.807) is 47.6 Å². The van der Waals surface area contributed by atoms with E-state index in [0.29, 0.717) is 11.3 Å². The zero-order chi connectivity index (χ0) is 21.5. The van der Waals surface area contributed by atoms with Crippen molar-refractivity contribution in [2.75, 3.05) is 7.11 Å². The Labute approximate surface area is 164 Å². The van der Waals surface area contributed by atoms with Gasteiger partial charge in [0.2, 0.25) is 5.96 Å². The molecule has 156 valence electrons. The highest BCUT2D eigenvalue weighted by atomic mass is 19.1. The van der Waals surface area contributed by atoms with Crippen molar-refractivity contribution >= 4 is 18.1 Å². The average molecular weight is 397 g/mol. The largest absolute Gasteiger partial charge is 0.497 e. The van der Waals surface area contributed by atoms with Gasteiger partial charge >= 0.3 is 12.2 Å². The molecule has 9 heteroatoms. The van der Waals surface area contributed by atoms with E-state index in [0.717, 1.165) is 0 Å². The normalized spacial score (nSPS) is 11.3. The average Bonchev–Trinajstić information content (AvgIpc) is 2.48. The Kier molecular flexibility index (Phi) is 7.78. The van der Waals surface area contributed by atoms with Gasteiger partial charge in [0.05, 0.1) is 13.7 Å². The molecule has 0 saturated heterocycles. The van der Waals surface area contributed by atoms with Gasteiger partial charge < -0.3 is 14.2 Å². The summed E-state index contributed by atoms with van der Waals surface area (Å²) in [5.41, 5.74) is -1.00. The fourth-order valence-electron chi connectivity index (χ4n) is 1.91. The van der Waals surface area contributed by atoms with Crippen LogP contribution in [-0.2, 0) is 16.0 Å². The molecule has 0 spiro atoms. The Morgan fingerprint density at radius 2 is 1.46 bits per heavy atom. The molecule has 2 amide bonds. The van der Waals surface area contributed by atoms with E-state index in [1.807, 2.05) is 0 Å². The number of carbonyl (C=O) groups excluding carboxylic acids is 2. The van der Waals surface area contributed by atoms with Gasteiger partial charge in [0, 0.05) is 6.07 Å². The molecule has 0 unspecified atom stereocenters. The molecule has 28 heavy (non-hydrogen) atoms. The smallest absolute Gasteiger partial charge is 0.414 e. The number of aliphatic imine (C=N–C) groups is 1. The van der Waals surface area contributed by atoms with Gasteiger partial charge in [-0.25, -0.2) is 19.0 Å². The number of nitrogens with one attached hydrogen (secondary N) is 2. The second-order valence-electron chi connectivity index (χ2n) is 7.92. The molecule has 8 nitrogen and oxygen atoms in total. The van der Waals surface area contributed by atoms with Crippen molar-refractivity contribution < 1.29 is 28.2 Å². The molecule has 1 aromatic carbocycles. The first kappa shape index (κ1) is 23.2. The number of ether oxygens (including phenoxy) is 3. The lowest BCUT2D eigenvalue weighted by atomic mass is 10.2. The summed E-state index contributed by atoms with van der Waals surface area (Å²) < 4.78 is 28.9. The number of rotatable bonds is 3. The zero-order valence-corrected chi connectivity index (χ0v) is 17.3. The van der Waals surface area contributed by atoms with Crippen LogP contribution in [0.15, 0.2) is 23.2 Å². The number of halogens is 1. The lowest BCUT2D eigenvalue weighted by Gasteiger charge is -2.22. The lowest BCUT2D eigenvalue weighted by Crippen LogP contribution is -2.47. The topological polar surface area (TPSA) is 98.3 Å². The van der Waals surface area contributed by atoms with Crippen LogP contribution in [0.3, 0.4) is 0 Å². The molecule has 0 bridgehead atoms. The van der Waals surface area contributed by atoms with Crippen LogP contribution in [0.4, 0.5) is 14.0 Å². The van der Waals surface area contributed by atoms with Gasteiger partial charge in [-0.15, -0.1) is 0 Å². The van der Waals surface area contributed by atoms with Crippen LogP contribution in [0.1, 0.15) is 47.1 Å². The SMILES string of the molecule is COc1cc(F)cc(CN=C(NC(=O)OC(C)(C)C)NC(=O)OC(C)(C)C)c1. The van der Waals surface area contributed by atoms with Crippen molar-refractivity contribution in [2.45, 2.75) is 59.3 Å². The summed E-state index contributed by atoms with van der Waals surface area (Å²) in [7, 11) is 1.42. The fraction of sp³-hybridized carbons (Fsp3) is 0.526. The van der Waals surface area contributed by atoms with E-state index in [2.05, 4.69) is 15.6 Å². The summed E-state index contributed by atoms with van der Waals surface area (Å²) in [5.74, 6) is -0.356. The third kappa shape index (κ3) is 9.75. The predicted molar refractivity (Wildman–Crippen MR) is 103 cm³/mol. The van der Waals surface area contributed by atoms with E-state index < -0.39 is 29.2 Å². The van der Waals surface area contributed by atoms with E-state index >= 15 is 0 Å². The van der Waals surface area contributed by atoms with Crippen molar-refractivity contribution in [3.8, 4) is 5.75 Å². The quantitative estimate of drug-likeness (QED) is 0.598. The molecular weight excluding hydrogens is 369 g/mol. The highest BCUT2D eigenvalue weighted by Gasteiger charge is 2.21. The molecular formula is C19H28FN3O5. The van der Waals surface area contributed by atoms with Gasteiger partial charge in [-0.1, -0.05) is 0 Å².